The van der Waals surface area contributed by atoms with Gasteiger partial charge in [-0.3, -0.25) is 0 Å². The summed E-state index contributed by atoms with van der Waals surface area (Å²) >= 11 is 0. The maximum absolute atomic E-state index is 8.58. The highest BCUT2D eigenvalue weighted by molar-refractivity contribution is 4.95. The fraction of sp³-hybridized carbons (Fsp3) is 0.857. The van der Waals surface area contributed by atoms with Gasteiger partial charge in [0.05, 0.1) is 12.0 Å². The lowest BCUT2D eigenvalue weighted by Crippen LogP contribution is -2.27. The molecule has 1 fully saturated rings. The molecule has 0 amide bonds. The van der Waals surface area contributed by atoms with Crippen molar-refractivity contribution in [2.45, 2.75) is 25.3 Å². The summed E-state index contributed by atoms with van der Waals surface area (Å²) in [6.07, 6.45) is 3.47. The summed E-state index contributed by atoms with van der Waals surface area (Å²) in [4.78, 5) is 0. The summed E-state index contributed by atoms with van der Waals surface area (Å²) in [7, 11) is 1.93. The molecule has 2 nitrogen and oxygen atoms in total. The van der Waals surface area contributed by atoms with Gasteiger partial charge in [-0.2, -0.15) is 5.26 Å². The molecule has 0 aromatic rings. The Balaban J connectivity index is 2.44. The van der Waals surface area contributed by atoms with Crippen molar-refractivity contribution >= 4 is 0 Å². The van der Waals surface area contributed by atoms with E-state index in [1.807, 2.05) is 7.05 Å². The van der Waals surface area contributed by atoms with Crippen LogP contribution in [0, 0.1) is 17.2 Å². The third-order valence-electron chi connectivity index (χ3n) is 2.05. The highest BCUT2D eigenvalue weighted by Gasteiger charge is 2.24. The molecule has 0 spiro atoms. The normalized spacial score (nSPS) is 34.2. The minimum atomic E-state index is 0.273. The molecule has 2 atom stereocenters. The van der Waals surface area contributed by atoms with Crippen molar-refractivity contribution in [2.75, 3.05) is 7.05 Å². The predicted molar refractivity (Wildman–Crippen MR) is 35.8 cm³/mol. The lowest BCUT2D eigenvalue weighted by molar-refractivity contribution is 0.506. The standard InChI is InChI=1S/C7H12N2/c1-9-7-4-2-3-6(7)5-8/h6-7,9H,2-4H2,1H3/t6-,7-/m0/s1. The quantitative estimate of drug-likeness (QED) is 0.563. The van der Waals surface area contributed by atoms with E-state index in [-0.39, 0.29) is 5.92 Å². The minimum absolute atomic E-state index is 0.273. The Kier molecular flexibility index (Phi) is 2.07. The van der Waals surface area contributed by atoms with E-state index in [1.54, 1.807) is 0 Å². The third kappa shape index (κ3) is 1.22. The highest BCUT2D eigenvalue weighted by atomic mass is 14.9. The van der Waals surface area contributed by atoms with Crippen molar-refractivity contribution in [3.63, 3.8) is 0 Å². The molecule has 0 saturated heterocycles. The number of rotatable bonds is 1. The van der Waals surface area contributed by atoms with Gasteiger partial charge in [0.2, 0.25) is 0 Å². The summed E-state index contributed by atoms with van der Waals surface area (Å²) in [6, 6.07) is 2.77. The lowest BCUT2D eigenvalue weighted by Gasteiger charge is -2.09. The van der Waals surface area contributed by atoms with Gasteiger partial charge in [0, 0.05) is 6.04 Å². The monoisotopic (exact) mass is 124 g/mol. The van der Waals surface area contributed by atoms with Crippen LogP contribution in [-0.4, -0.2) is 13.1 Å². The first-order valence-corrected chi connectivity index (χ1v) is 3.45. The van der Waals surface area contributed by atoms with Gasteiger partial charge in [-0.15, -0.1) is 0 Å². The van der Waals surface area contributed by atoms with Gasteiger partial charge >= 0.3 is 0 Å². The van der Waals surface area contributed by atoms with Crippen molar-refractivity contribution in [3.8, 4) is 6.07 Å². The van der Waals surface area contributed by atoms with E-state index in [1.165, 1.54) is 12.8 Å². The Morgan fingerprint density at radius 2 is 2.33 bits per heavy atom. The second kappa shape index (κ2) is 2.84. The Morgan fingerprint density at radius 1 is 1.56 bits per heavy atom. The topological polar surface area (TPSA) is 35.8 Å². The van der Waals surface area contributed by atoms with Crippen molar-refractivity contribution in [3.05, 3.63) is 0 Å². The number of nitrogens with zero attached hydrogens (tertiary/aromatic N) is 1. The lowest BCUT2D eigenvalue weighted by atomic mass is 10.1. The number of hydrogen-bond donors (Lipinski definition) is 1. The Morgan fingerprint density at radius 3 is 2.78 bits per heavy atom. The first-order chi connectivity index (χ1) is 4.38. The average Bonchev–Trinajstić information content (AvgIpc) is 2.33. The smallest absolute Gasteiger partial charge is 0.0672 e. The van der Waals surface area contributed by atoms with E-state index in [9.17, 15) is 0 Å². The van der Waals surface area contributed by atoms with Crippen LogP contribution in [0.25, 0.3) is 0 Å². The molecule has 1 rings (SSSR count). The summed E-state index contributed by atoms with van der Waals surface area (Å²) in [5.74, 6) is 0.273. The Labute approximate surface area is 55.9 Å². The molecule has 0 bridgehead atoms. The number of nitrogens with one attached hydrogen (secondary N) is 1. The van der Waals surface area contributed by atoms with E-state index < -0.39 is 0 Å². The molecule has 2 heteroatoms. The first kappa shape index (κ1) is 6.57. The van der Waals surface area contributed by atoms with E-state index in [0.717, 1.165) is 6.42 Å². The summed E-state index contributed by atoms with van der Waals surface area (Å²) in [5.41, 5.74) is 0. The van der Waals surface area contributed by atoms with Crippen LogP contribution in [0.2, 0.25) is 0 Å². The molecule has 1 aliphatic rings. The van der Waals surface area contributed by atoms with Crippen molar-refractivity contribution in [2.24, 2.45) is 5.92 Å². The van der Waals surface area contributed by atoms with E-state index >= 15 is 0 Å². The molecule has 1 aliphatic carbocycles. The molecule has 0 heterocycles. The molecule has 9 heavy (non-hydrogen) atoms. The average molecular weight is 124 g/mol. The van der Waals surface area contributed by atoms with Gasteiger partial charge in [-0.1, -0.05) is 6.42 Å². The van der Waals surface area contributed by atoms with Crippen LogP contribution in [0.4, 0.5) is 0 Å². The number of nitriles is 1. The molecule has 0 aromatic heterocycles. The maximum atomic E-state index is 8.58. The molecule has 0 aromatic carbocycles. The number of hydrogen-bond acceptors (Lipinski definition) is 2. The predicted octanol–water partition coefficient (Wildman–Crippen LogP) is 0.898. The summed E-state index contributed by atoms with van der Waals surface area (Å²) < 4.78 is 0. The molecule has 50 valence electrons. The van der Waals surface area contributed by atoms with E-state index in [4.69, 9.17) is 5.26 Å². The second-order valence-corrected chi connectivity index (χ2v) is 2.56. The largest absolute Gasteiger partial charge is 0.316 e. The zero-order chi connectivity index (χ0) is 6.69. The molecule has 1 N–H and O–H groups in total. The van der Waals surface area contributed by atoms with E-state index in [0.29, 0.717) is 6.04 Å². The molecular formula is C7H12N2. The molecule has 1 saturated carbocycles. The van der Waals surface area contributed by atoms with E-state index in [2.05, 4.69) is 11.4 Å². The van der Waals surface area contributed by atoms with Gasteiger partial charge in [0.15, 0.2) is 0 Å². The molecule has 0 unspecified atom stereocenters. The van der Waals surface area contributed by atoms with Crippen molar-refractivity contribution in [1.82, 2.24) is 5.32 Å². The molecule has 0 aliphatic heterocycles. The fourth-order valence-corrected chi connectivity index (χ4v) is 1.46. The Bertz CT molecular complexity index is 125. The van der Waals surface area contributed by atoms with Gasteiger partial charge < -0.3 is 5.32 Å². The summed E-state index contributed by atoms with van der Waals surface area (Å²) in [5, 5.41) is 11.7. The van der Waals surface area contributed by atoms with Crippen LogP contribution in [-0.2, 0) is 0 Å². The van der Waals surface area contributed by atoms with Crippen LogP contribution in [0.15, 0.2) is 0 Å². The van der Waals surface area contributed by atoms with Gasteiger partial charge in [0.25, 0.3) is 0 Å². The zero-order valence-corrected chi connectivity index (χ0v) is 5.72. The fourth-order valence-electron chi connectivity index (χ4n) is 1.46. The van der Waals surface area contributed by atoms with Gasteiger partial charge in [-0.25, -0.2) is 0 Å². The molecular weight excluding hydrogens is 112 g/mol. The van der Waals surface area contributed by atoms with Crippen LogP contribution >= 0.6 is 0 Å². The van der Waals surface area contributed by atoms with Crippen LogP contribution in [0.3, 0.4) is 0 Å². The second-order valence-electron chi connectivity index (χ2n) is 2.56. The highest BCUT2D eigenvalue weighted by Crippen LogP contribution is 2.23. The van der Waals surface area contributed by atoms with Crippen LogP contribution in [0.5, 0.6) is 0 Å². The van der Waals surface area contributed by atoms with Crippen molar-refractivity contribution < 1.29 is 0 Å². The third-order valence-corrected chi connectivity index (χ3v) is 2.05. The first-order valence-electron chi connectivity index (χ1n) is 3.45. The SMILES string of the molecule is CN[C@H]1CCC[C@H]1C#N. The van der Waals surface area contributed by atoms with Gasteiger partial charge in [0.1, 0.15) is 0 Å². The van der Waals surface area contributed by atoms with Gasteiger partial charge in [-0.05, 0) is 19.9 Å². The summed E-state index contributed by atoms with van der Waals surface area (Å²) in [6.45, 7) is 0. The molecule has 0 radical (unpaired) electrons. The maximum Gasteiger partial charge on any atom is 0.0672 e. The van der Waals surface area contributed by atoms with Crippen molar-refractivity contribution in [1.29, 1.82) is 5.26 Å². The minimum Gasteiger partial charge on any atom is -0.316 e. The van der Waals surface area contributed by atoms with Crippen LogP contribution in [0.1, 0.15) is 19.3 Å². The zero-order valence-electron chi connectivity index (χ0n) is 5.72. The van der Waals surface area contributed by atoms with Crippen LogP contribution < -0.4 is 5.32 Å². The Hall–Kier alpha value is -0.550.